The molecular weight excluding hydrogens is 270 g/mol. The van der Waals surface area contributed by atoms with E-state index in [0.29, 0.717) is 18.8 Å². The molecule has 1 aliphatic rings. The zero-order chi connectivity index (χ0) is 15.4. The molecular formula is C15H21N3O3. The van der Waals surface area contributed by atoms with Gasteiger partial charge in [-0.3, -0.25) is 9.69 Å². The van der Waals surface area contributed by atoms with E-state index in [1.165, 1.54) is 0 Å². The van der Waals surface area contributed by atoms with E-state index in [0.717, 1.165) is 13.1 Å². The van der Waals surface area contributed by atoms with Gasteiger partial charge in [0.15, 0.2) is 0 Å². The van der Waals surface area contributed by atoms with E-state index in [-0.39, 0.29) is 17.6 Å². The SMILES string of the molecule is CC(=O)N1CCN(C(C)Nc2ccccc2C(=O)O)CC1. The highest BCUT2D eigenvalue weighted by atomic mass is 16.4. The average Bonchev–Trinajstić information content (AvgIpc) is 2.47. The Balaban J connectivity index is 1.98. The van der Waals surface area contributed by atoms with Crippen LogP contribution in [0.5, 0.6) is 0 Å². The normalized spacial score (nSPS) is 17.3. The number of hydrogen-bond donors (Lipinski definition) is 2. The lowest BCUT2D eigenvalue weighted by Gasteiger charge is -2.38. The minimum atomic E-state index is -0.938. The predicted octanol–water partition coefficient (Wildman–Crippen LogP) is 1.31. The summed E-state index contributed by atoms with van der Waals surface area (Å²) in [6, 6.07) is 6.89. The van der Waals surface area contributed by atoms with Crippen LogP contribution >= 0.6 is 0 Å². The van der Waals surface area contributed by atoms with Crippen molar-refractivity contribution < 1.29 is 14.7 Å². The van der Waals surface area contributed by atoms with Crippen LogP contribution < -0.4 is 5.32 Å². The van der Waals surface area contributed by atoms with Gasteiger partial charge in [-0.2, -0.15) is 0 Å². The summed E-state index contributed by atoms with van der Waals surface area (Å²) in [6.07, 6.45) is 0.0135. The Bertz CT molecular complexity index is 525. The van der Waals surface area contributed by atoms with Crippen molar-refractivity contribution in [3.63, 3.8) is 0 Å². The third kappa shape index (κ3) is 3.72. The molecule has 1 saturated heterocycles. The first-order chi connectivity index (χ1) is 9.99. The highest BCUT2D eigenvalue weighted by Gasteiger charge is 2.23. The number of carboxylic acid groups (broad SMARTS) is 1. The van der Waals surface area contributed by atoms with Crippen LogP contribution in [0.2, 0.25) is 0 Å². The zero-order valence-corrected chi connectivity index (χ0v) is 12.4. The number of para-hydroxylation sites is 1. The first-order valence-corrected chi connectivity index (χ1v) is 7.07. The second-order valence-corrected chi connectivity index (χ2v) is 5.21. The van der Waals surface area contributed by atoms with Gasteiger partial charge in [0.25, 0.3) is 0 Å². The van der Waals surface area contributed by atoms with Gasteiger partial charge in [0.05, 0.1) is 11.7 Å². The zero-order valence-electron chi connectivity index (χ0n) is 12.4. The van der Waals surface area contributed by atoms with Crippen molar-refractivity contribution in [2.75, 3.05) is 31.5 Å². The largest absolute Gasteiger partial charge is 0.478 e. The maximum Gasteiger partial charge on any atom is 0.337 e. The quantitative estimate of drug-likeness (QED) is 0.875. The van der Waals surface area contributed by atoms with Gasteiger partial charge in [-0.1, -0.05) is 12.1 Å². The lowest BCUT2D eigenvalue weighted by atomic mass is 10.1. The maximum absolute atomic E-state index is 11.3. The third-order valence-corrected chi connectivity index (χ3v) is 3.83. The lowest BCUT2D eigenvalue weighted by molar-refractivity contribution is -0.130. The number of hydrogen-bond acceptors (Lipinski definition) is 4. The smallest absolute Gasteiger partial charge is 0.337 e. The van der Waals surface area contributed by atoms with Crippen molar-refractivity contribution in [2.45, 2.75) is 20.0 Å². The molecule has 0 radical (unpaired) electrons. The topological polar surface area (TPSA) is 72.9 Å². The molecule has 0 aromatic heterocycles. The third-order valence-electron chi connectivity index (χ3n) is 3.83. The Kier molecular flexibility index (Phi) is 4.80. The summed E-state index contributed by atoms with van der Waals surface area (Å²) in [5.74, 6) is -0.835. The van der Waals surface area contributed by atoms with Gasteiger partial charge < -0.3 is 15.3 Å². The fourth-order valence-electron chi connectivity index (χ4n) is 2.54. The number of anilines is 1. The van der Waals surface area contributed by atoms with Crippen molar-refractivity contribution in [3.05, 3.63) is 29.8 Å². The summed E-state index contributed by atoms with van der Waals surface area (Å²) in [7, 11) is 0. The second kappa shape index (κ2) is 6.58. The van der Waals surface area contributed by atoms with E-state index in [1.54, 1.807) is 25.1 Å². The van der Waals surface area contributed by atoms with Gasteiger partial charge in [-0.05, 0) is 19.1 Å². The van der Waals surface area contributed by atoms with Gasteiger partial charge >= 0.3 is 5.97 Å². The number of nitrogens with one attached hydrogen (secondary N) is 1. The maximum atomic E-state index is 11.3. The van der Waals surface area contributed by atoms with Crippen molar-refractivity contribution >= 4 is 17.6 Å². The van der Waals surface area contributed by atoms with Crippen LogP contribution in [0, 0.1) is 0 Å². The second-order valence-electron chi connectivity index (χ2n) is 5.21. The predicted molar refractivity (Wildman–Crippen MR) is 80.3 cm³/mol. The number of rotatable bonds is 4. The summed E-state index contributed by atoms with van der Waals surface area (Å²) in [5.41, 5.74) is 0.887. The van der Waals surface area contributed by atoms with Crippen molar-refractivity contribution in [2.24, 2.45) is 0 Å². The van der Waals surface area contributed by atoms with Gasteiger partial charge in [-0.25, -0.2) is 4.79 Å². The molecule has 0 bridgehead atoms. The number of piperazine rings is 1. The van der Waals surface area contributed by atoms with E-state index in [9.17, 15) is 14.7 Å². The molecule has 2 N–H and O–H groups in total. The molecule has 1 fully saturated rings. The lowest BCUT2D eigenvalue weighted by Crippen LogP contribution is -2.52. The molecule has 6 heteroatoms. The molecule has 0 spiro atoms. The summed E-state index contributed by atoms with van der Waals surface area (Å²) in [5, 5.41) is 12.4. The number of carbonyl (C=O) groups excluding carboxylic acids is 1. The number of amides is 1. The molecule has 1 aliphatic heterocycles. The van der Waals surface area contributed by atoms with E-state index in [4.69, 9.17) is 0 Å². The molecule has 1 atom stereocenters. The van der Waals surface area contributed by atoms with E-state index >= 15 is 0 Å². The van der Waals surface area contributed by atoms with Crippen LogP contribution in [-0.2, 0) is 4.79 Å². The van der Waals surface area contributed by atoms with Crippen LogP contribution in [-0.4, -0.2) is 59.1 Å². The highest BCUT2D eigenvalue weighted by molar-refractivity contribution is 5.94. The Labute approximate surface area is 124 Å². The van der Waals surface area contributed by atoms with Gasteiger partial charge in [0, 0.05) is 38.8 Å². The molecule has 21 heavy (non-hydrogen) atoms. The first-order valence-electron chi connectivity index (χ1n) is 7.07. The standard InChI is InChI=1S/C15H21N3O3/c1-11(17-7-9-18(10-8-17)12(2)19)16-14-6-4-3-5-13(14)15(20)21/h3-6,11,16H,7-10H2,1-2H3,(H,20,21). The molecule has 114 valence electrons. The summed E-state index contributed by atoms with van der Waals surface area (Å²) >= 11 is 0. The van der Waals surface area contributed by atoms with Crippen molar-refractivity contribution in [3.8, 4) is 0 Å². The van der Waals surface area contributed by atoms with Crippen molar-refractivity contribution in [1.29, 1.82) is 0 Å². The van der Waals surface area contributed by atoms with Gasteiger partial charge in [-0.15, -0.1) is 0 Å². The Morgan fingerprint density at radius 3 is 2.38 bits per heavy atom. The molecule has 1 unspecified atom stereocenters. The van der Waals surface area contributed by atoms with Crippen LogP contribution in [0.3, 0.4) is 0 Å². The highest BCUT2D eigenvalue weighted by Crippen LogP contribution is 2.17. The average molecular weight is 291 g/mol. The Morgan fingerprint density at radius 2 is 1.81 bits per heavy atom. The van der Waals surface area contributed by atoms with Crippen molar-refractivity contribution in [1.82, 2.24) is 9.80 Å². The fraction of sp³-hybridized carbons (Fsp3) is 0.467. The molecule has 1 heterocycles. The Hall–Kier alpha value is -2.08. The fourth-order valence-corrected chi connectivity index (χ4v) is 2.54. The van der Waals surface area contributed by atoms with E-state index in [2.05, 4.69) is 10.2 Å². The van der Waals surface area contributed by atoms with E-state index < -0.39 is 5.97 Å². The molecule has 1 aromatic rings. The van der Waals surface area contributed by atoms with Crippen LogP contribution in [0.15, 0.2) is 24.3 Å². The minimum absolute atomic E-state index is 0.0135. The number of carboxylic acids is 1. The summed E-state index contributed by atoms with van der Waals surface area (Å²) in [6.45, 7) is 6.57. The number of aromatic carboxylic acids is 1. The first kappa shape index (κ1) is 15.3. The molecule has 6 nitrogen and oxygen atoms in total. The Morgan fingerprint density at radius 1 is 1.19 bits per heavy atom. The van der Waals surface area contributed by atoms with Crippen LogP contribution in [0.25, 0.3) is 0 Å². The number of carbonyl (C=O) groups is 2. The molecule has 0 aliphatic carbocycles. The molecule has 1 aromatic carbocycles. The minimum Gasteiger partial charge on any atom is -0.478 e. The molecule has 0 saturated carbocycles. The number of benzene rings is 1. The number of nitrogens with zero attached hydrogens (tertiary/aromatic N) is 2. The van der Waals surface area contributed by atoms with Gasteiger partial charge in [0.1, 0.15) is 0 Å². The van der Waals surface area contributed by atoms with Crippen LogP contribution in [0.4, 0.5) is 5.69 Å². The van der Waals surface area contributed by atoms with E-state index in [1.807, 2.05) is 17.9 Å². The monoisotopic (exact) mass is 291 g/mol. The van der Waals surface area contributed by atoms with Crippen LogP contribution in [0.1, 0.15) is 24.2 Å². The summed E-state index contributed by atoms with van der Waals surface area (Å²) in [4.78, 5) is 26.5. The molecule has 2 rings (SSSR count). The summed E-state index contributed by atoms with van der Waals surface area (Å²) < 4.78 is 0. The van der Waals surface area contributed by atoms with Gasteiger partial charge in [0.2, 0.25) is 5.91 Å². The molecule has 1 amide bonds.